The molecule has 2 rings (SSSR count). The number of nitrogens with zero attached hydrogens (tertiary/aromatic N) is 3. The second-order valence-corrected chi connectivity index (χ2v) is 5.41. The lowest BCUT2D eigenvalue weighted by Gasteiger charge is -2.10. The maximum Gasteiger partial charge on any atom is 0.246 e. The first-order valence-electron chi connectivity index (χ1n) is 6.54. The van der Waals surface area contributed by atoms with Gasteiger partial charge in [0.2, 0.25) is 22.5 Å². The molecule has 6 nitrogen and oxygen atoms in total. The van der Waals surface area contributed by atoms with Crippen LogP contribution in [0.1, 0.15) is 25.6 Å². The average molecular weight is 317 g/mol. The van der Waals surface area contributed by atoms with Crippen molar-refractivity contribution in [1.29, 1.82) is 0 Å². The minimum atomic E-state index is -0.503. The Morgan fingerprint density at radius 2 is 1.64 bits per heavy atom. The first-order valence-corrected chi connectivity index (χ1v) is 7.42. The molecule has 0 aliphatic carbocycles. The molecule has 0 radical (unpaired) electrons. The number of amides is 2. The summed E-state index contributed by atoms with van der Waals surface area (Å²) in [5, 5.41) is 6.54. The Kier molecular flexibility index (Phi) is 4.67. The van der Waals surface area contributed by atoms with Crippen molar-refractivity contribution in [3.63, 3.8) is 0 Å². The second-order valence-electron chi connectivity index (χ2n) is 4.57. The Morgan fingerprint density at radius 3 is 2.14 bits per heavy atom. The van der Waals surface area contributed by atoms with E-state index in [0.29, 0.717) is 5.69 Å². The molecule has 0 aliphatic heterocycles. The summed E-state index contributed by atoms with van der Waals surface area (Å²) in [6, 6.07) is 9.36. The fraction of sp³-hybridized carbons (Fsp3) is 0.200. The zero-order chi connectivity index (χ0) is 16.3. The van der Waals surface area contributed by atoms with Gasteiger partial charge in [-0.2, -0.15) is 5.01 Å². The monoisotopic (exact) mass is 317 g/mol. The van der Waals surface area contributed by atoms with E-state index in [1.54, 1.807) is 5.38 Å². The van der Waals surface area contributed by atoms with Crippen molar-refractivity contribution in [2.24, 2.45) is 5.10 Å². The summed E-state index contributed by atoms with van der Waals surface area (Å²) in [5.41, 5.74) is 1.52. The smallest absolute Gasteiger partial charge is 0.246 e. The highest BCUT2D eigenvalue weighted by atomic mass is 32.1. The fourth-order valence-corrected chi connectivity index (χ4v) is 2.86. The molecule has 0 N–H and O–H groups in total. The van der Waals surface area contributed by atoms with Crippen molar-refractivity contribution in [2.75, 3.05) is 0 Å². The van der Waals surface area contributed by atoms with Gasteiger partial charge < -0.3 is 0 Å². The van der Waals surface area contributed by atoms with Gasteiger partial charge in [-0.1, -0.05) is 30.3 Å². The van der Waals surface area contributed by atoms with Crippen molar-refractivity contribution in [3.8, 4) is 11.3 Å². The van der Waals surface area contributed by atoms with Crippen LogP contribution in [0.5, 0.6) is 0 Å². The first-order chi connectivity index (χ1) is 10.4. The molecule has 0 fully saturated rings. The van der Waals surface area contributed by atoms with Gasteiger partial charge in [-0.3, -0.25) is 19.0 Å². The third kappa shape index (κ3) is 3.20. The SMILES string of the molecule is CC(=O)N(/N=c1\scc(-c2ccccc2)n1C(C)=O)C(C)=O. The van der Waals surface area contributed by atoms with E-state index >= 15 is 0 Å². The van der Waals surface area contributed by atoms with E-state index in [4.69, 9.17) is 0 Å². The molecular weight excluding hydrogens is 302 g/mol. The van der Waals surface area contributed by atoms with E-state index in [2.05, 4.69) is 5.10 Å². The number of rotatable bonds is 2. The van der Waals surface area contributed by atoms with Crippen LogP contribution in [0.3, 0.4) is 0 Å². The van der Waals surface area contributed by atoms with Gasteiger partial charge in [-0.15, -0.1) is 16.4 Å². The van der Waals surface area contributed by atoms with Crippen LogP contribution in [0.2, 0.25) is 0 Å². The molecule has 0 aliphatic rings. The van der Waals surface area contributed by atoms with Gasteiger partial charge in [0.25, 0.3) is 0 Å². The summed E-state index contributed by atoms with van der Waals surface area (Å²) < 4.78 is 1.39. The highest BCUT2D eigenvalue weighted by Gasteiger charge is 2.16. The number of aromatic nitrogens is 1. The van der Waals surface area contributed by atoms with E-state index in [1.807, 2.05) is 30.3 Å². The van der Waals surface area contributed by atoms with E-state index in [1.165, 1.54) is 36.7 Å². The molecular formula is C15H15N3O3S. The normalized spacial score (nSPS) is 11.3. The summed E-state index contributed by atoms with van der Waals surface area (Å²) in [6.45, 7) is 3.90. The van der Waals surface area contributed by atoms with Crippen LogP contribution in [0.15, 0.2) is 40.8 Å². The number of hydrogen-bond donors (Lipinski definition) is 0. The van der Waals surface area contributed by atoms with Crippen LogP contribution in [-0.4, -0.2) is 27.3 Å². The van der Waals surface area contributed by atoms with Crippen LogP contribution in [0.4, 0.5) is 0 Å². The van der Waals surface area contributed by atoms with Gasteiger partial charge in [0.05, 0.1) is 5.69 Å². The Hall–Kier alpha value is -2.54. The van der Waals surface area contributed by atoms with Crippen molar-refractivity contribution in [1.82, 2.24) is 9.58 Å². The molecule has 7 heteroatoms. The summed E-state index contributed by atoms with van der Waals surface area (Å²) in [7, 11) is 0. The van der Waals surface area contributed by atoms with Gasteiger partial charge >= 0.3 is 0 Å². The molecule has 114 valence electrons. The summed E-state index contributed by atoms with van der Waals surface area (Å²) >= 11 is 1.19. The predicted octanol–water partition coefficient (Wildman–Crippen LogP) is 2.09. The number of imide groups is 1. The minimum Gasteiger partial charge on any atom is -0.274 e. The lowest BCUT2D eigenvalue weighted by molar-refractivity contribution is -0.142. The Morgan fingerprint density at radius 1 is 1.05 bits per heavy atom. The molecule has 1 heterocycles. The lowest BCUT2D eigenvalue weighted by atomic mass is 10.2. The second kappa shape index (κ2) is 6.48. The molecule has 22 heavy (non-hydrogen) atoms. The minimum absolute atomic E-state index is 0.245. The molecule has 0 unspecified atom stereocenters. The molecule has 2 amide bonds. The summed E-state index contributed by atoms with van der Waals surface area (Å²) in [6.07, 6.45) is 0. The highest BCUT2D eigenvalue weighted by molar-refractivity contribution is 7.07. The average Bonchev–Trinajstić information content (AvgIpc) is 2.88. The van der Waals surface area contributed by atoms with Crippen molar-refractivity contribution < 1.29 is 14.4 Å². The van der Waals surface area contributed by atoms with Crippen LogP contribution in [0.25, 0.3) is 11.3 Å². The predicted molar refractivity (Wildman–Crippen MR) is 82.8 cm³/mol. The summed E-state index contributed by atoms with van der Waals surface area (Å²) in [4.78, 5) is 35.2. The Bertz CT molecular complexity index is 776. The van der Waals surface area contributed by atoms with Crippen molar-refractivity contribution in [2.45, 2.75) is 20.8 Å². The molecule has 0 spiro atoms. The zero-order valence-corrected chi connectivity index (χ0v) is 13.3. The maximum absolute atomic E-state index is 12.0. The molecule has 0 saturated carbocycles. The van der Waals surface area contributed by atoms with Gasteiger partial charge in [-0.25, -0.2) is 0 Å². The van der Waals surface area contributed by atoms with Crippen LogP contribution >= 0.6 is 11.3 Å². The van der Waals surface area contributed by atoms with Gasteiger partial charge in [0.1, 0.15) is 0 Å². The van der Waals surface area contributed by atoms with Crippen LogP contribution < -0.4 is 4.80 Å². The van der Waals surface area contributed by atoms with Crippen LogP contribution in [-0.2, 0) is 9.59 Å². The Balaban J connectivity index is 2.64. The zero-order valence-electron chi connectivity index (χ0n) is 12.4. The van der Waals surface area contributed by atoms with Crippen molar-refractivity contribution >= 4 is 29.1 Å². The molecule has 0 bridgehead atoms. The molecule has 1 aromatic carbocycles. The third-order valence-electron chi connectivity index (χ3n) is 2.87. The maximum atomic E-state index is 12.0. The number of benzene rings is 1. The largest absolute Gasteiger partial charge is 0.274 e. The first kappa shape index (κ1) is 15.8. The third-order valence-corrected chi connectivity index (χ3v) is 3.69. The highest BCUT2D eigenvalue weighted by Crippen LogP contribution is 2.19. The van der Waals surface area contributed by atoms with Crippen molar-refractivity contribution in [3.05, 3.63) is 40.5 Å². The van der Waals surface area contributed by atoms with Gasteiger partial charge in [-0.05, 0) is 5.56 Å². The van der Waals surface area contributed by atoms with Crippen LogP contribution in [0, 0.1) is 0 Å². The quantitative estimate of drug-likeness (QED) is 0.796. The van der Waals surface area contributed by atoms with Gasteiger partial charge in [0, 0.05) is 26.2 Å². The molecule has 0 saturated heterocycles. The molecule has 1 aromatic heterocycles. The number of carbonyl (C=O) groups is 3. The van der Waals surface area contributed by atoms with Gasteiger partial charge in [0.15, 0.2) is 0 Å². The molecule has 0 atom stereocenters. The number of thiazole rings is 1. The van der Waals surface area contributed by atoms with E-state index in [0.717, 1.165) is 10.6 Å². The topological polar surface area (TPSA) is 71.7 Å². The lowest BCUT2D eigenvalue weighted by Crippen LogP contribution is -2.33. The van der Waals surface area contributed by atoms with E-state index < -0.39 is 11.8 Å². The summed E-state index contributed by atoms with van der Waals surface area (Å²) in [5.74, 6) is -1.25. The molecule has 2 aromatic rings. The Labute approximate surface area is 131 Å². The number of carbonyl (C=O) groups excluding carboxylic acids is 3. The van der Waals surface area contributed by atoms with E-state index in [9.17, 15) is 14.4 Å². The fourth-order valence-electron chi connectivity index (χ4n) is 1.94. The standard InChI is InChI=1S/C15H15N3O3S/c1-10(19)17-14(13-7-5-4-6-8-13)9-22-15(17)16-18(11(2)20)12(3)21/h4-9H,1-3H3/b16-15-. The number of hydrogen-bond acceptors (Lipinski definition) is 5. The van der Waals surface area contributed by atoms with E-state index in [-0.39, 0.29) is 10.7 Å².